The third-order valence-corrected chi connectivity index (χ3v) is 2.75. The number of aliphatic hydroxyl groups is 1. The van der Waals surface area contributed by atoms with E-state index in [1.165, 1.54) is 0 Å². The molecule has 104 valence electrons. The number of aliphatic carboxylic acids is 1. The Kier molecular flexibility index (Phi) is 5.32. The number of urea groups is 1. The zero-order valence-corrected chi connectivity index (χ0v) is 10.9. The van der Waals surface area contributed by atoms with Crippen LogP contribution in [0.15, 0.2) is 18.2 Å². The summed E-state index contributed by atoms with van der Waals surface area (Å²) in [5.74, 6) is -1.30. The van der Waals surface area contributed by atoms with Crippen molar-refractivity contribution in [1.29, 1.82) is 0 Å². The molecule has 0 spiro atoms. The number of carboxylic acids is 1. The fraction of sp³-hybridized carbons (Fsp3) is 0.385. The number of amides is 2. The van der Waals surface area contributed by atoms with Crippen molar-refractivity contribution in [1.82, 2.24) is 5.32 Å². The molecule has 0 aromatic heterocycles. The van der Waals surface area contributed by atoms with Crippen molar-refractivity contribution in [3.8, 4) is 0 Å². The Labute approximate surface area is 111 Å². The minimum atomic E-state index is -1.46. The Hall–Kier alpha value is -2.08. The topological polar surface area (TPSA) is 98.7 Å². The maximum Gasteiger partial charge on any atom is 0.332 e. The summed E-state index contributed by atoms with van der Waals surface area (Å²) in [5, 5.41) is 22.6. The van der Waals surface area contributed by atoms with Crippen LogP contribution in [0, 0.1) is 13.8 Å². The molecule has 0 unspecified atom stereocenters. The standard InChI is InChI=1S/C13H18N2O4/c1-8-3-4-10(7-9(8)2)15-13(19)14-6-5-11(16)12(17)18/h3-4,7,11,16H,5-6H2,1-2H3,(H,17,18)(H2,14,15,19)/t11-/m0/s1. The Morgan fingerprint density at radius 2 is 1.95 bits per heavy atom. The number of nitrogens with one attached hydrogen (secondary N) is 2. The zero-order chi connectivity index (χ0) is 14.4. The highest BCUT2D eigenvalue weighted by Crippen LogP contribution is 2.13. The lowest BCUT2D eigenvalue weighted by Crippen LogP contribution is -2.33. The second-order valence-corrected chi connectivity index (χ2v) is 4.32. The second-order valence-electron chi connectivity index (χ2n) is 4.32. The molecule has 4 N–H and O–H groups in total. The van der Waals surface area contributed by atoms with Gasteiger partial charge in [0.15, 0.2) is 6.10 Å². The van der Waals surface area contributed by atoms with Crippen LogP contribution in [0.2, 0.25) is 0 Å². The van der Waals surface area contributed by atoms with E-state index < -0.39 is 18.1 Å². The van der Waals surface area contributed by atoms with E-state index in [4.69, 9.17) is 10.2 Å². The van der Waals surface area contributed by atoms with Crippen LogP contribution < -0.4 is 10.6 Å². The summed E-state index contributed by atoms with van der Waals surface area (Å²) >= 11 is 0. The summed E-state index contributed by atoms with van der Waals surface area (Å²) in [6.07, 6.45) is -1.49. The summed E-state index contributed by atoms with van der Waals surface area (Å²) in [5.41, 5.74) is 2.87. The number of carbonyl (C=O) groups excluding carboxylic acids is 1. The highest BCUT2D eigenvalue weighted by Gasteiger charge is 2.12. The van der Waals surface area contributed by atoms with Gasteiger partial charge in [-0.25, -0.2) is 9.59 Å². The van der Waals surface area contributed by atoms with Gasteiger partial charge in [-0.1, -0.05) is 6.07 Å². The fourth-order valence-corrected chi connectivity index (χ4v) is 1.44. The first-order chi connectivity index (χ1) is 8.90. The first-order valence-electron chi connectivity index (χ1n) is 5.93. The summed E-state index contributed by atoms with van der Waals surface area (Å²) < 4.78 is 0. The normalized spacial score (nSPS) is 11.7. The van der Waals surface area contributed by atoms with Gasteiger partial charge in [-0.3, -0.25) is 0 Å². The maximum absolute atomic E-state index is 11.5. The van der Waals surface area contributed by atoms with Gasteiger partial charge in [0.1, 0.15) is 0 Å². The minimum Gasteiger partial charge on any atom is -0.479 e. The van der Waals surface area contributed by atoms with E-state index in [0.29, 0.717) is 5.69 Å². The number of benzene rings is 1. The fourth-order valence-electron chi connectivity index (χ4n) is 1.44. The predicted octanol–water partition coefficient (Wildman–Crippen LogP) is 1.26. The van der Waals surface area contributed by atoms with Gasteiger partial charge in [0.25, 0.3) is 0 Å². The molecular formula is C13H18N2O4. The molecule has 0 radical (unpaired) electrons. The molecule has 0 heterocycles. The highest BCUT2D eigenvalue weighted by molar-refractivity contribution is 5.89. The van der Waals surface area contributed by atoms with Gasteiger partial charge >= 0.3 is 12.0 Å². The monoisotopic (exact) mass is 266 g/mol. The number of hydrogen-bond acceptors (Lipinski definition) is 3. The lowest BCUT2D eigenvalue weighted by atomic mass is 10.1. The van der Waals surface area contributed by atoms with Crippen molar-refractivity contribution in [3.63, 3.8) is 0 Å². The van der Waals surface area contributed by atoms with Crippen LogP contribution in [0.3, 0.4) is 0 Å². The zero-order valence-electron chi connectivity index (χ0n) is 10.9. The van der Waals surface area contributed by atoms with Crippen molar-refractivity contribution >= 4 is 17.7 Å². The molecule has 1 aromatic rings. The molecule has 1 aromatic carbocycles. The molecule has 1 atom stereocenters. The number of rotatable bonds is 5. The average molecular weight is 266 g/mol. The predicted molar refractivity (Wildman–Crippen MR) is 71.2 cm³/mol. The van der Waals surface area contributed by atoms with Crippen molar-refractivity contribution in [2.45, 2.75) is 26.4 Å². The Balaban J connectivity index is 2.39. The molecule has 0 saturated heterocycles. The molecule has 6 heteroatoms. The van der Waals surface area contributed by atoms with Gasteiger partial charge in [0, 0.05) is 18.7 Å². The summed E-state index contributed by atoms with van der Waals surface area (Å²) in [6.45, 7) is 4.01. The van der Waals surface area contributed by atoms with Gasteiger partial charge in [0.2, 0.25) is 0 Å². The number of aryl methyl sites for hydroxylation is 2. The highest BCUT2D eigenvalue weighted by atomic mass is 16.4. The number of carbonyl (C=O) groups is 2. The average Bonchev–Trinajstić information content (AvgIpc) is 2.33. The van der Waals surface area contributed by atoms with E-state index in [2.05, 4.69) is 10.6 Å². The van der Waals surface area contributed by atoms with Crippen LogP contribution in [0.25, 0.3) is 0 Å². The summed E-state index contributed by atoms with van der Waals surface area (Å²) in [4.78, 5) is 21.9. The van der Waals surface area contributed by atoms with Gasteiger partial charge in [-0.15, -0.1) is 0 Å². The molecule has 0 aliphatic heterocycles. The summed E-state index contributed by atoms with van der Waals surface area (Å²) in [7, 11) is 0. The van der Waals surface area contributed by atoms with Gasteiger partial charge < -0.3 is 20.8 Å². The molecule has 0 saturated carbocycles. The third-order valence-electron chi connectivity index (χ3n) is 2.75. The van der Waals surface area contributed by atoms with Gasteiger partial charge in [-0.05, 0) is 37.1 Å². The molecule has 0 aliphatic carbocycles. The van der Waals surface area contributed by atoms with E-state index >= 15 is 0 Å². The van der Waals surface area contributed by atoms with E-state index in [9.17, 15) is 9.59 Å². The van der Waals surface area contributed by atoms with Crippen LogP contribution in [0.5, 0.6) is 0 Å². The number of aliphatic hydroxyl groups excluding tert-OH is 1. The van der Waals surface area contributed by atoms with Crippen LogP contribution >= 0.6 is 0 Å². The van der Waals surface area contributed by atoms with Crippen molar-refractivity contribution in [2.75, 3.05) is 11.9 Å². The first kappa shape index (κ1) is 15.0. The van der Waals surface area contributed by atoms with Gasteiger partial charge in [0.05, 0.1) is 0 Å². The lowest BCUT2D eigenvalue weighted by molar-refractivity contribution is -0.146. The molecular weight excluding hydrogens is 248 g/mol. The van der Waals surface area contributed by atoms with Crippen LogP contribution in [-0.2, 0) is 4.79 Å². The molecule has 19 heavy (non-hydrogen) atoms. The summed E-state index contributed by atoms with van der Waals surface area (Å²) in [6, 6.07) is 5.11. The van der Waals surface area contributed by atoms with Gasteiger partial charge in [-0.2, -0.15) is 0 Å². The molecule has 0 fully saturated rings. The number of hydrogen-bond donors (Lipinski definition) is 4. The van der Waals surface area contributed by atoms with E-state index in [1.807, 2.05) is 26.0 Å². The smallest absolute Gasteiger partial charge is 0.332 e. The first-order valence-corrected chi connectivity index (χ1v) is 5.93. The SMILES string of the molecule is Cc1ccc(NC(=O)NCC[C@H](O)C(=O)O)cc1C. The Morgan fingerprint density at radius 3 is 2.53 bits per heavy atom. The second kappa shape index (κ2) is 6.75. The maximum atomic E-state index is 11.5. The van der Waals surface area contributed by atoms with Crippen molar-refractivity contribution < 1.29 is 19.8 Å². The molecule has 2 amide bonds. The number of carboxylic acid groups (broad SMARTS) is 1. The quantitative estimate of drug-likeness (QED) is 0.644. The Morgan fingerprint density at radius 1 is 1.26 bits per heavy atom. The minimum absolute atomic E-state index is 0.0321. The van der Waals surface area contributed by atoms with Crippen molar-refractivity contribution in [3.05, 3.63) is 29.3 Å². The number of anilines is 1. The van der Waals surface area contributed by atoms with E-state index in [-0.39, 0.29) is 13.0 Å². The third kappa shape index (κ3) is 4.97. The van der Waals surface area contributed by atoms with E-state index in [1.54, 1.807) is 6.07 Å². The van der Waals surface area contributed by atoms with Crippen LogP contribution in [0.1, 0.15) is 17.5 Å². The Bertz CT molecular complexity index is 474. The lowest BCUT2D eigenvalue weighted by Gasteiger charge is -2.10. The molecule has 6 nitrogen and oxygen atoms in total. The molecule has 1 rings (SSSR count). The molecule has 0 aliphatic rings. The molecule has 0 bridgehead atoms. The van der Waals surface area contributed by atoms with Crippen LogP contribution in [0.4, 0.5) is 10.5 Å². The van der Waals surface area contributed by atoms with Crippen molar-refractivity contribution in [2.24, 2.45) is 0 Å². The van der Waals surface area contributed by atoms with Crippen LogP contribution in [-0.4, -0.2) is 34.9 Å². The largest absolute Gasteiger partial charge is 0.479 e. The van der Waals surface area contributed by atoms with E-state index in [0.717, 1.165) is 11.1 Å².